The minimum atomic E-state index is -0.399. The van der Waals surface area contributed by atoms with E-state index in [1.54, 1.807) is 31.2 Å². The minimum Gasteiger partial charge on any atom is -0.494 e. The molecule has 0 aliphatic rings. The third-order valence-corrected chi connectivity index (χ3v) is 3.22. The number of ether oxygens (including phenoxy) is 1. The second-order valence-electron chi connectivity index (χ2n) is 5.00. The second-order valence-corrected chi connectivity index (χ2v) is 5.00. The first-order valence-electron chi connectivity index (χ1n) is 7.43. The van der Waals surface area contributed by atoms with Gasteiger partial charge in [0, 0.05) is 11.4 Å². The molecule has 0 aliphatic carbocycles. The number of amides is 1. The van der Waals surface area contributed by atoms with Crippen molar-refractivity contribution in [2.45, 2.75) is 19.9 Å². The van der Waals surface area contributed by atoms with Gasteiger partial charge in [0.15, 0.2) is 0 Å². The molecule has 5 heteroatoms. The summed E-state index contributed by atoms with van der Waals surface area (Å²) >= 11 is 0. The summed E-state index contributed by atoms with van der Waals surface area (Å²) in [5.74, 6) is 0.649. The molecule has 0 saturated carbocycles. The smallest absolute Gasteiger partial charge is 0.246 e. The van der Waals surface area contributed by atoms with Gasteiger partial charge >= 0.3 is 0 Å². The highest BCUT2D eigenvalue weighted by atomic mass is 16.5. The molecule has 0 bridgehead atoms. The molecule has 0 aliphatic heterocycles. The lowest BCUT2D eigenvalue weighted by molar-refractivity contribution is -0.116. The number of hydrogen-bond donors (Lipinski definition) is 2. The summed E-state index contributed by atoms with van der Waals surface area (Å²) in [6, 6.07) is 15.9. The Morgan fingerprint density at radius 3 is 2.30 bits per heavy atom. The largest absolute Gasteiger partial charge is 0.494 e. The third kappa shape index (κ3) is 4.75. The molecule has 2 N–H and O–H groups in total. The van der Waals surface area contributed by atoms with E-state index in [1.807, 2.05) is 37.3 Å². The van der Waals surface area contributed by atoms with Crippen molar-refractivity contribution in [2.75, 3.05) is 17.2 Å². The molecule has 118 valence electrons. The standard InChI is InChI=1S/C18H19N3O2/c1-3-23-17-10-8-15(9-11-17)20-13(2)18(22)21-16-6-4-14(12-19)5-7-16/h4-11,13,20H,3H2,1-2H3,(H,21,22). The van der Waals surface area contributed by atoms with E-state index in [0.717, 1.165) is 11.4 Å². The predicted octanol–water partition coefficient (Wildman–Crippen LogP) is 3.40. The third-order valence-electron chi connectivity index (χ3n) is 3.22. The van der Waals surface area contributed by atoms with Crippen molar-refractivity contribution >= 4 is 17.3 Å². The van der Waals surface area contributed by atoms with Crippen molar-refractivity contribution < 1.29 is 9.53 Å². The lowest BCUT2D eigenvalue weighted by atomic mass is 10.2. The normalized spacial score (nSPS) is 11.2. The van der Waals surface area contributed by atoms with Crippen LogP contribution in [0.1, 0.15) is 19.4 Å². The average Bonchev–Trinajstić information content (AvgIpc) is 2.57. The Hall–Kier alpha value is -3.00. The minimum absolute atomic E-state index is 0.149. The summed E-state index contributed by atoms with van der Waals surface area (Å²) in [4.78, 5) is 12.2. The Morgan fingerprint density at radius 1 is 1.13 bits per heavy atom. The number of carbonyl (C=O) groups is 1. The molecule has 1 unspecified atom stereocenters. The number of hydrogen-bond acceptors (Lipinski definition) is 4. The zero-order valence-electron chi connectivity index (χ0n) is 13.2. The van der Waals surface area contributed by atoms with E-state index in [0.29, 0.717) is 17.9 Å². The highest BCUT2D eigenvalue weighted by molar-refractivity contribution is 5.96. The number of nitrogens with zero attached hydrogens (tertiary/aromatic N) is 1. The molecule has 0 aromatic heterocycles. The number of benzene rings is 2. The molecule has 0 spiro atoms. The fraction of sp³-hybridized carbons (Fsp3) is 0.222. The van der Waals surface area contributed by atoms with Gasteiger partial charge in [0.1, 0.15) is 11.8 Å². The van der Waals surface area contributed by atoms with E-state index in [2.05, 4.69) is 10.6 Å². The Morgan fingerprint density at radius 2 is 1.74 bits per heavy atom. The number of rotatable bonds is 6. The Kier molecular flexibility index (Phi) is 5.59. The zero-order valence-corrected chi connectivity index (χ0v) is 13.2. The lowest BCUT2D eigenvalue weighted by Crippen LogP contribution is -2.31. The van der Waals surface area contributed by atoms with E-state index < -0.39 is 6.04 Å². The van der Waals surface area contributed by atoms with Gasteiger partial charge in [0.2, 0.25) is 5.91 Å². The van der Waals surface area contributed by atoms with Crippen molar-refractivity contribution in [3.05, 3.63) is 54.1 Å². The van der Waals surface area contributed by atoms with Crippen LogP contribution in [-0.2, 0) is 4.79 Å². The van der Waals surface area contributed by atoms with Crippen LogP contribution in [0, 0.1) is 11.3 Å². The maximum atomic E-state index is 12.2. The molecular weight excluding hydrogens is 290 g/mol. The van der Waals surface area contributed by atoms with Gasteiger partial charge in [-0.3, -0.25) is 4.79 Å². The van der Waals surface area contributed by atoms with E-state index >= 15 is 0 Å². The quantitative estimate of drug-likeness (QED) is 0.857. The van der Waals surface area contributed by atoms with E-state index in [-0.39, 0.29) is 5.91 Å². The molecule has 2 aromatic carbocycles. The van der Waals surface area contributed by atoms with Crippen LogP contribution in [0.25, 0.3) is 0 Å². The van der Waals surface area contributed by atoms with Gasteiger partial charge in [0.25, 0.3) is 0 Å². The molecule has 0 saturated heterocycles. The zero-order chi connectivity index (χ0) is 16.7. The van der Waals surface area contributed by atoms with Crippen LogP contribution in [0.4, 0.5) is 11.4 Å². The van der Waals surface area contributed by atoms with Gasteiger partial charge in [-0.15, -0.1) is 0 Å². The summed E-state index contributed by atoms with van der Waals surface area (Å²) in [6.45, 7) is 4.34. The molecule has 5 nitrogen and oxygen atoms in total. The van der Waals surface area contributed by atoms with Crippen molar-refractivity contribution in [1.82, 2.24) is 0 Å². The maximum Gasteiger partial charge on any atom is 0.246 e. The molecule has 0 heterocycles. The molecule has 2 rings (SSSR count). The topological polar surface area (TPSA) is 74.2 Å². The second kappa shape index (κ2) is 7.85. The number of nitrogens with one attached hydrogen (secondary N) is 2. The van der Waals surface area contributed by atoms with Crippen LogP contribution in [0.15, 0.2) is 48.5 Å². The Bertz CT molecular complexity index is 688. The monoisotopic (exact) mass is 309 g/mol. The number of anilines is 2. The fourth-order valence-electron chi connectivity index (χ4n) is 2.01. The van der Waals surface area contributed by atoms with Gasteiger partial charge in [0.05, 0.1) is 18.2 Å². The Balaban J connectivity index is 1.92. The summed E-state index contributed by atoms with van der Waals surface area (Å²) in [5, 5.41) is 14.7. The molecule has 2 aromatic rings. The van der Waals surface area contributed by atoms with Crippen LogP contribution in [-0.4, -0.2) is 18.6 Å². The number of nitriles is 1. The van der Waals surface area contributed by atoms with E-state index in [1.165, 1.54) is 0 Å². The maximum absolute atomic E-state index is 12.2. The summed E-state index contributed by atoms with van der Waals surface area (Å²) in [7, 11) is 0. The van der Waals surface area contributed by atoms with Gasteiger partial charge in [-0.25, -0.2) is 0 Å². The SMILES string of the molecule is CCOc1ccc(NC(C)C(=O)Nc2ccc(C#N)cc2)cc1. The van der Waals surface area contributed by atoms with Crippen molar-refractivity contribution in [2.24, 2.45) is 0 Å². The van der Waals surface area contributed by atoms with Crippen LogP contribution >= 0.6 is 0 Å². The van der Waals surface area contributed by atoms with E-state index in [9.17, 15) is 4.79 Å². The first-order valence-corrected chi connectivity index (χ1v) is 7.43. The highest BCUT2D eigenvalue weighted by Crippen LogP contribution is 2.17. The van der Waals surface area contributed by atoms with Gasteiger partial charge < -0.3 is 15.4 Å². The first kappa shape index (κ1) is 16.4. The van der Waals surface area contributed by atoms with Gasteiger partial charge in [-0.1, -0.05) is 0 Å². The first-order chi connectivity index (χ1) is 11.1. The van der Waals surface area contributed by atoms with Crippen molar-refractivity contribution in [1.29, 1.82) is 5.26 Å². The number of carbonyl (C=O) groups excluding carboxylic acids is 1. The van der Waals surface area contributed by atoms with Crippen LogP contribution < -0.4 is 15.4 Å². The Labute approximate surface area is 135 Å². The van der Waals surface area contributed by atoms with E-state index in [4.69, 9.17) is 10.00 Å². The average molecular weight is 309 g/mol. The molecule has 1 amide bonds. The summed E-state index contributed by atoms with van der Waals surface area (Å²) in [5.41, 5.74) is 2.06. The predicted molar refractivity (Wildman–Crippen MR) is 90.5 cm³/mol. The molecule has 1 atom stereocenters. The van der Waals surface area contributed by atoms with Crippen LogP contribution in [0.3, 0.4) is 0 Å². The lowest BCUT2D eigenvalue weighted by Gasteiger charge is -2.15. The molecule has 23 heavy (non-hydrogen) atoms. The fourth-order valence-corrected chi connectivity index (χ4v) is 2.01. The van der Waals surface area contributed by atoms with Crippen molar-refractivity contribution in [3.8, 4) is 11.8 Å². The molecular formula is C18H19N3O2. The van der Waals surface area contributed by atoms with Crippen LogP contribution in [0.5, 0.6) is 5.75 Å². The van der Waals surface area contributed by atoms with Gasteiger partial charge in [-0.05, 0) is 62.4 Å². The molecule has 0 fully saturated rings. The molecule has 0 radical (unpaired) electrons. The highest BCUT2D eigenvalue weighted by Gasteiger charge is 2.12. The summed E-state index contributed by atoms with van der Waals surface area (Å²) < 4.78 is 5.38. The van der Waals surface area contributed by atoms with Crippen molar-refractivity contribution in [3.63, 3.8) is 0 Å². The van der Waals surface area contributed by atoms with Gasteiger partial charge in [-0.2, -0.15) is 5.26 Å². The summed E-state index contributed by atoms with van der Waals surface area (Å²) in [6.07, 6.45) is 0. The van der Waals surface area contributed by atoms with Crippen LogP contribution in [0.2, 0.25) is 0 Å².